The van der Waals surface area contributed by atoms with E-state index in [2.05, 4.69) is 31.5 Å². The van der Waals surface area contributed by atoms with Gasteiger partial charge in [-0.15, -0.1) is 0 Å². The van der Waals surface area contributed by atoms with Crippen LogP contribution in [0.15, 0.2) is 34.9 Å². The first kappa shape index (κ1) is 11.9. The predicted molar refractivity (Wildman–Crippen MR) is 75.8 cm³/mol. The Balaban J connectivity index is 1.89. The Kier molecular flexibility index (Phi) is 2.97. The van der Waals surface area contributed by atoms with Crippen molar-refractivity contribution in [2.24, 2.45) is 0 Å². The van der Waals surface area contributed by atoms with Gasteiger partial charge in [-0.3, -0.25) is 0 Å². The number of nitrogens with one attached hydrogen (secondary N) is 2. The molecule has 0 saturated carbocycles. The number of hydrogen-bond acceptors (Lipinski definition) is 4. The molecule has 0 unspecified atom stereocenters. The molecule has 1 fully saturated rings. The molecule has 3 N–H and O–H groups in total. The van der Waals surface area contributed by atoms with Crippen molar-refractivity contribution < 1.29 is 5.11 Å². The molecule has 0 bridgehead atoms. The topological polar surface area (TPSA) is 57.2 Å². The van der Waals surface area contributed by atoms with Gasteiger partial charge < -0.3 is 15.7 Å². The van der Waals surface area contributed by atoms with Gasteiger partial charge in [0.2, 0.25) is 0 Å². The average molecular weight is 308 g/mol. The average Bonchev–Trinajstić information content (AvgIpc) is 2.35. The van der Waals surface area contributed by atoms with E-state index in [1.165, 1.54) is 0 Å². The molecule has 18 heavy (non-hydrogen) atoms. The lowest BCUT2D eigenvalue weighted by atomic mass is 9.97. The number of benzene rings is 1. The number of nitrogens with zero attached hydrogens (tertiary/aromatic N) is 1. The maximum absolute atomic E-state index is 10.0. The van der Waals surface area contributed by atoms with Crippen LogP contribution in [-0.2, 0) is 0 Å². The largest absolute Gasteiger partial charge is 0.385 e. The Morgan fingerprint density at radius 3 is 2.89 bits per heavy atom. The van der Waals surface area contributed by atoms with E-state index < -0.39 is 5.60 Å². The monoisotopic (exact) mass is 307 g/mol. The first-order valence-corrected chi connectivity index (χ1v) is 6.67. The van der Waals surface area contributed by atoms with E-state index in [-0.39, 0.29) is 0 Å². The second-order valence-corrected chi connectivity index (χ2v) is 5.53. The Morgan fingerprint density at radius 1 is 1.33 bits per heavy atom. The summed E-state index contributed by atoms with van der Waals surface area (Å²) in [7, 11) is 0. The van der Waals surface area contributed by atoms with Crippen LogP contribution in [0.25, 0.3) is 10.8 Å². The quantitative estimate of drug-likeness (QED) is 0.808. The lowest BCUT2D eigenvalue weighted by molar-refractivity contribution is 0.00309. The number of aliphatic hydroxyl groups is 1. The second-order valence-electron chi connectivity index (χ2n) is 4.68. The number of β-amino-alcohol motifs (C(OH)–C–C–N with tert-alkyl or cyclic N) is 1. The van der Waals surface area contributed by atoms with E-state index in [0.717, 1.165) is 21.1 Å². The third-order valence-electron chi connectivity index (χ3n) is 3.25. The van der Waals surface area contributed by atoms with Crippen molar-refractivity contribution in [1.82, 2.24) is 10.3 Å². The minimum absolute atomic E-state index is 0.513. The first-order valence-electron chi connectivity index (χ1n) is 5.88. The fourth-order valence-electron chi connectivity index (χ4n) is 2.10. The number of fused-ring (bicyclic) bond motifs is 1. The molecule has 0 aliphatic carbocycles. The van der Waals surface area contributed by atoms with E-state index in [9.17, 15) is 5.11 Å². The molecule has 1 aromatic heterocycles. The van der Waals surface area contributed by atoms with Gasteiger partial charge in [-0.2, -0.15) is 0 Å². The summed E-state index contributed by atoms with van der Waals surface area (Å²) in [5, 5.41) is 18.5. The minimum Gasteiger partial charge on any atom is -0.385 e. The number of halogens is 1. The van der Waals surface area contributed by atoms with Crippen molar-refractivity contribution >= 4 is 32.5 Å². The minimum atomic E-state index is -0.643. The zero-order valence-corrected chi connectivity index (χ0v) is 11.4. The van der Waals surface area contributed by atoms with Gasteiger partial charge in [0.25, 0.3) is 0 Å². The maximum atomic E-state index is 10.0. The van der Waals surface area contributed by atoms with Crippen molar-refractivity contribution in [3.63, 3.8) is 0 Å². The summed E-state index contributed by atoms with van der Waals surface area (Å²) in [5.74, 6) is 0.814. The fourth-order valence-corrected chi connectivity index (χ4v) is 2.59. The van der Waals surface area contributed by atoms with Gasteiger partial charge in [0.1, 0.15) is 11.4 Å². The highest BCUT2D eigenvalue weighted by Crippen LogP contribution is 2.27. The summed E-state index contributed by atoms with van der Waals surface area (Å²) >= 11 is 3.53. The van der Waals surface area contributed by atoms with Crippen molar-refractivity contribution in [2.75, 3.05) is 25.0 Å². The predicted octanol–water partition coefficient (Wildman–Crippen LogP) is 1.74. The fraction of sp³-hybridized carbons (Fsp3) is 0.308. The number of aromatic nitrogens is 1. The summed E-state index contributed by atoms with van der Waals surface area (Å²) in [5.41, 5.74) is -0.643. The van der Waals surface area contributed by atoms with Crippen molar-refractivity contribution in [3.05, 3.63) is 34.9 Å². The van der Waals surface area contributed by atoms with E-state index in [1.807, 2.05) is 24.3 Å². The summed E-state index contributed by atoms with van der Waals surface area (Å²) < 4.78 is 1.05. The molecule has 1 aromatic carbocycles. The Bertz CT molecular complexity index is 583. The van der Waals surface area contributed by atoms with Crippen LogP contribution < -0.4 is 10.6 Å². The molecule has 1 aliphatic rings. The lowest BCUT2D eigenvalue weighted by Crippen LogP contribution is -2.63. The van der Waals surface area contributed by atoms with Crippen LogP contribution in [0.3, 0.4) is 0 Å². The van der Waals surface area contributed by atoms with Crippen molar-refractivity contribution in [3.8, 4) is 0 Å². The lowest BCUT2D eigenvalue weighted by Gasteiger charge is -2.37. The van der Waals surface area contributed by atoms with Gasteiger partial charge in [-0.05, 0) is 12.1 Å². The Hall–Kier alpha value is -1.17. The van der Waals surface area contributed by atoms with Crippen LogP contribution in [0.2, 0.25) is 0 Å². The molecule has 1 saturated heterocycles. The van der Waals surface area contributed by atoms with Gasteiger partial charge in [0.05, 0.1) is 0 Å². The molecule has 3 rings (SSSR count). The highest BCUT2D eigenvalue weighted by molar-refractivity contribution is 9.10. The summed E-state index contributed by atoms with van der Waals surface area (Å²) in [4.78, 5) is 4.35. The van der Waals surface area contributed by atoms with E-state index in [1.54, 1.807) is 6.20 Å². The van der Waals surface area contributed by atoms with Crippen LogP contribution >= 0.6 is 15.9 Å². The van der Waals surface area contributed by atoms with Gasteiger partial charge in [0, 0.05) is 41.1 Å². The van der Waals surface area contributed by atoms with Gasteiger partial charge in [-0.1, -0.05) is 28.1 Å². The third kappa shape index (κ3) is 2.09. The van der Waals surface area contributed by atoms with Crippen LogP contribution in [0.5, 0.6) is 0 Å². The van der Waals surface area contributed by atoms with Gasteiger partial charge >= 0.3 is 0 Å². The van der Waals surface area contributed by atoms with Crippen LogP contribution in [-0.4, -0.2) is 35.3 Å². The highest BCUT2D eigenvalue weighted by Gasteiger charge is 2.33. The third-order valence-corrected chi connectivity index (χ3v) is 3.94. The van der Waals surface area contributed by atoms with E-state index in [4.69, 9.17) is 0 Å². The SMILES string of the molecule is OC1(CNc2nccc3c(Br)cccc23)CNC1. The molecule has 0 atom stereocenters. The molecule has 1 aliphatic heterocycles. The molecule has 94 valence electrons. The number of pyridine rings is 1. The molecule has 5 heteroatoms. The normalized spacial score (nSPS) is 17.4. The van der Waals surface area contributed by atoms with Crippen LogP contribution in [0, 0.1) is 0 Å². The first-order chi connectivity index (χ1) is 8.68. The van der Waals surface area contributed by atoms with Gasteiger partial charge in [-0.25, -0.2) is 4.98 Å². The number of rotatable bonds is 3. The Labute approximate surface area is 114 Å². The molecule has 0 amide bonds. The summed E-state index contributed by atoms with van der Waals surface area (Å²) in [6, 6.07) is 8.00. The van der Waals surface area contributed by atoms with Crippen LogP contribution in [0.1, 0.15) is 0 Å². The second kappa shape index (κ2) is 4.50. The van der Waals surface area contributed by atoms with E-state index in [0.29, 0.717) is 19.6 Å². The zero-order chi connectivity index (χ0) is 12.6. The van der Waals surface area contributed by atoms with Crippen molar-refractivity contribution in [1.29, 1.82) is 0 Å². The number of anilines is 1. The molecular weight excluding hydrogens is 294 g/mol. The molecule has 2 aromatic rings. The molecule has 0 spiro atoms. The molecule has 4 nitrogen and oxygen atoms in total. The molecular formula is C13H14BrN3O. The molecule has 0 radical (unpaired) electrons. The maximum Gasteiger partial charge on any atom is 0.133 e. The molecule has 2 heterocycles. The smallest absolute Gasteiger partial charge is 0.133 e. The highest BCUT2D eigenvalue weighted by atomic mass is 79.9. The summed E-state index contributed by atoms with van der Waals surface area (Å²) in [6.45, 7) is 1.78. The summed E-state index contributed by atoms with van der Waals surface area (Å²) in [6.07, 6.45) is 1.78. The van der Waals surface area contributed by atoms with Crippen molar-refractivity contribution in [2.45, 2.75) is 5.60 Å². The van der Waals surface area contributed by atoms with Crippen LogP contribution in [0.4, 0.5) is 5.82 Å². The Morgan fingerprint density at radius 2 is 2.17 bits per heavy atom. The van der Waals surface area contributed by atoms with E-state index >= 15 is 0 Å². The number of hydrogen-bond donors (Lipinski definition) is 3. The standard InChI is InChI=1S/C13H14BrN3O/c14-11-3-1-2-10-9(11)4-5-16-12(10)17-8-13(18)6-15-7-13/h1-5,15,18H,6-8H2,(H,16,17). The zero-order valence-electron chi connectivity index (χ0n) is 9.78. The van der Waals surface area contributed by atoms with Gasteiger partial charge in [0.15, 0.2) is 0 Å².